The molecule has 3 aromatic rings. The van der Waals surface area contributed by atoms with Crippen LogP contribution in [0.4, 0.5) is 0 Å². The highest BCUT2D eigenvalue weighted by atomic mass is 16.5. The van der Waals surface area contributed by atoms with Gasteiger partial charge in [0, 0.05) is 23.7 Å². The average Bonchev–Trinajstić information content (AvgIpc) is 3.15. The lowest BCUT2D eigenvalue weighted by Crippen LogP contribution is -2.25. The number of aromatic nitrogens is 1. The summed E-state index contributed by atoms with van der Waals surface area (Å²) in [4.78, 5) is 24.8. The van der Waals surface area contributed by atoms with Crippen molar-refractivity contribution in [1.82, 2.24) is 4.57 Å². The number of ether oxygens (including phenoxy) is 2. The lowest BCUT2D eigenvalue weighted by atomic mass is 9.84. The minimum absolute atomic E-state index is 0.291. The van der Waals surface area contributed by atoms with Crippen molar-refractivity contribution in [1.29, 1.82) is 0 Å². The van der Waals surface area contributed by atoms with E-state index in [1.165, 1.54) is 19.1 Å². The predicted molar refractivity (Wildman–Crippen MR) is 138 cm³/mol. The van der Waals surface area contributed by atoms with Crippen molar-refractivity contribution < 1.29 is 19.1 Å². The third-order valence-corrected chi connectivity index (χ3v) is 7.26. The van der Waals surface area contributed by atoms with E-state index in [-0.39, 0.29) is 17.8 Å². The fraction of sp³-hybridized carbons (Fsp3) is 0.448. The van der Waals surface area contributed by atoms with E-state index in [2.05, 4.69) is 30.7 Å². The molecule has 186 valence electrons. The molecule has 0 bridgehead atoms. The first-order valence-corrected chi connectivity index (χ1v) is 12.6. The summed E-state index contributed by atoms with van der Waals surface area (Å²) in [5.74, 6) is -0.263. The van der Waals surface area contributed by atoms with Crippen LogP contribution in [0.2, 0.25) is 0 Å². The molecule has 1 heterocycles. The Balaban J connectivity index is 1.85. The molecule has 2 unspecified atom stereocenters. The molecule has 1 aromatic heterocycles. The Bertz CT molecular complexity index is 1240. The summed E-state index contributed by atoms with van der Waals surface area (Å²) < 4.78 is 13.8. The number of carbonyl (C=O) groups excluding carboxylic acids is 2. The molecule has 0 radical (unpaired) electrons. The van der Waals surface area contributed by atoms with Crippen LogP contribution in [-0.4, -0.2) is 23.6 Å². The smallest absolute Gasteiger partial charge is 0.338 e. The van der Waals surface area contributed by atoms with Gasteiger partial charge in [-0.1, -0.05) is 38.0 Å². The van der Waals surface area contributed by atoms with Crippen LogP contribution in [0.1, 0.15) is 90.7 Å². The zero-order valence-electron chi connectivity index (χ0n) is 21.2. The second-order valence-electron chi connectivity index (χ2n) is 9.55. The number of hydrogen-bond acceptors (Lipinski definition) is 4. The zero-order valence-corrected chi connectivity index (χ0v) is 21.2. The van der Waals surface area contributed by atoms with Crippen LogP contribution in [0.25, 0.3) is 10.9 Å². The molecular formula is C29H36N2O4. The van der Waals surface area contributed by atoms with Crippen LogP contribution in [0.5, 0.6) is 5.75 Å². The number of aryl methyl sites for hydroxylation is 2. The number of hydrogen-bond donors (Lipinski definition) is 1. The molecule has 1 amide bonds. The van der Waals surface area contributed by atoms with Gasteiger partial charge in [0.1, 0.15) is 11.9 Å². The van der Waals surface area contributed by atoms with Gasteiger partial charge in [0.05, 0.1) is 24.1 Å². The van der Waals surface area contributed by atoms with Crippen molar-refractivity contribution in [3.8, 4) is 5.75 Å². The number of fused-ring (bicyclic) bond motifs is 3. The van der Waals surface area contributed by atoms with E-state index < -0.39 is 6.10 Å². The van der Waals surface area contributed by atoms with Crippen molar-refractivity contribution in [3.63, 3.8) is 0 Å². The third kappa shape index (κ3) is 4.79. The number of unbranched alkanes of at least 4 members (excludes halogenated alkanes) is 2. The number of nitrogens with two attached hydrogens (primary N) is 1. The maximum Gasteiger partial charge on any atom is 0.338 e. The summed E-state index contributed by atoms with van der Waals surface area (Å²) in [7, 11) is 3.45. The van der Waals surface area contributed by atoms with Crippen LogP contribution in [-0.2, 0) is 29.4 Å². The van der Waals surface area contributed by atoms with Crippen molar-refractivity contribution >= 4 is 22.8 Å². The maximum atomic E-state index is 12.4. The third-order valence-electron chi connectivity index (χ3n) is 7.26. The molecule has 6 nitrogen and oxygen atoms in total. The Morgan fingerprint density at radius 2 is 1.97 bits per heavy atom. The lowest BCUT2D eigenvalue weighted by molar-refractivity contribution is -0.119. The van der Waals surface area contributed by atoms with Gasteiger partial charge in [0.2, 0.25) is 5.91 Å². The number of amides is 1. The second-order valence-corrected chi connectivity index (χ2v) is 9.55. The van der Waals surface area contributed by atoms with Gasteiger partial charge in [0.15, 0.2) is 0 Å². The van der Waals surface area contributed by atoms with Crippen LogP contribution in [0.15, 0.2) is 36.4 Å². The summed E-state index contributed by atoms with van der Waals surface area (Å²) in [6, 6.07) is 11.7. The van der Waals surface area contributed by atoms with Crippen LogP contribution >= 0.6 is 0 Å². The molecule has 1 aliphatic carbocycles. The van der Waals surface area contributed by atoms with Gasteiger partial charge in [0.25, 0.3) is 0 Å². The highest BCUT2D eigenvalue weighted by Gasteiger charge is 2.32. The Labute approximate surface area is 207 Å². The van der Waals surface area contributed by atoms with Gasteiger partial charge < -0.3 is 19.8 Å². The van der Waals surface area contributed by atoms with Gasteiger partial charge in [-0.15, -0.1) is 0 Å². The van der Waals surface area contributed by atoms with Gasteiger partial charge in [-0.25, -0.2) is 4.79 Å². The SMILES string of the molecule is CCCCCc1cc(OC(C)c2ccccc2C(=O)OC)c2c3c(n(C)c2c1)CCCC3C(N)=O. The summed E-state index contributed by atoms with van der Waals surface area (Å²) in [6.07, 6.45) is 6.60. The number of esters is 1. The highest BCUT2D eigenvalue weighted by molar-refractivity contribution is 5.97. The summed E-state index contributed by atoms with van der Waals surface area (Å²) in [5.41, 5.74) is 11.6. The average molecular weight is 477 g/mol. The van der Waals surface area contributed by atoms with Gasteiger partial charge in [-0.2, -0.15) is 0 Å². The molecule has 0 saturated carbocycles. The van der Waals surface area contributed by atoms with E-state index >= 15 is 0 Å². The first-order valence-electron chi connectivity index (χ1n) is 12.6. The normalized spacial score (nSPS) is 16.1. The first kappa shape index (κ1) is 24.8. The van der Waals surface area contributed by atoms with Gasteiger partial charge in [-0.3, -0.25) is 4.79 Å². The van der Waals surface area contributed by atoms with Crippen LogP contribution < -0.4 is 10.5 Å². The second kappa shape index (κ2) is 10.5. The molecule has 0 saturated heterocycles. The van der Waals surface area contributed by atoms with Crippen molar-refractivity contribution in [2.75, 3.05) is 7.11 Å². The van der Waals surface area contributed by atoms with E-state index in [4.69, 9.17) is 15.2 Å². The molecule has 4 rings (SSSR count). The Hall–Kier alpha value is -3.28. The molecule has 6 heteroatoms. The summed E-state index contributed by atoms with van der Waals surface area (Å²) in [5, 5.41) is 0.965. The van der Waals surface area contributed by atoms with E-state index in [0.717, 1.165) is 72.0 Å². The largest absolute Gasteiger partial charge is 0.485 e. The summed E-state index contributed by atoms with van der Waals surface area (Å²) >= 11 is 0. The first-order chi connectivity index (χ1) is 16.9. The van der Waals surface area contributed by atoms with Crippen molar-refractivity contribution in [2.45, 2.75) is 70.8 Å². The van der Waals surface area contributed by atoms with E-state index in [1.54, 1.807) is 6.07 Å². The molecule has 0 aliphatic heterocycles. The molecular weight excluding hydrogens is 440 g/mol. The van der Waals surface area contributed by atoms with Gasteiger partial charge >= 0.3 is 5.97 Å². The fourth-order valence-corrected chi connectivity index (χ4v) is 5.46. The molecule has 35 heavy (non-hydrogen) atoms. The summed E-state index contributed by atoms with van der Waals surface area (Å²) in [6.45, 7) is 4.14. The molecule has 1 aliphatic rings. The lowest BCUT2D eigenvalue weighted by Gasteiger charge is -2.23. The number of primary amides is 1. The quantitative estimate of drug-likeness (QED) is 0.315. The minimum Gasteiger partial charge on any atom is -0.485 e. The van der Waals surface area contributed by atoms with E-state index in [1.807, 2.05) is 25.1 Å². The number of nitrogens with zero attached hydrogens (tertiary/aromatic N) is 1. The van der Waals surface area contributed by atoms with Crippen LogP contribution in [0.3, 0.4) is 0 Å². The zero-order chi connectivity index (χ0) is 25.1. The van der Waals surface area contributed by atoms with Gasteiger partial charge in [-0.05, 0) is 68.4 Å². The number of benzene rings is 2. The molecule has 0 fully saturated rings. The molecule has 2 N–H and O–H groups in total. The predicted octanol–water partition coefficient (Wildman–Crippen LogP) is 5.74. The van der Waals surface area contributed by atoms with E-state index in [9.17, 15) is 9.59 Å². The minimum atomic E-state index is -0.397. The fourth-order valence-electron chi connectivity index (χ4n) is 5.46. The number of methoxy groups -OCH3 is 1. The topological polar surface area (TPSA) is 83.6 Å². The molecule has 2 atom stereocenters. The van der Waals surface area contributed by atoms with Crippen molar-refractivity contribution in [3.05, 3.63) is 64.3 Å². The Morgan fingerprint density at radius 1 is 1.20 bits per heavy atom. The van der Waals surface area contributed by atoms with Crippen molar-refractivity contribution in [2.24, 2.45) is 12.8 Å². The number of carbonyl (C=O) groups is 2. The monoisotopic (exact) mass is 476 g/mol. The highest BCUT2D eigenvalue weighted by Crippen LogP contribution is 2.44. The Kier molecular flexibility index (Phi) is 7.48. The molecule has 2 aromatic carbocycles. The van der Waals surface area contributed by atoms with E-state index in [0.29, 0.717) is 5.56 Å². The number of rotatable bonds is 9. The van der Waals surface area contributed by atoms with Crippen LogP contribution in [0, 0.1) is 0 Å². The molecule has 0 spiro atoms. The maximum absolute atomic E-state index is 12.4. The standard InChI is InChI=1S/C29H36N2O4/c1-5-6-7-11-19-16-24-27(26-22(28(30)32)14-10-15-23(26)31(24)3)25(17-19)35-18(2)20-12-8-9-13-21(20)29(33)34-4/h8-9,12-13,16-18,22H,5-7,10-11,14-15H2,1-4H3,(H2,30,32). The Morgan fingerprint density at radius 3 is 2.69 bits per heavy atom.